The Hall–Kier alpha value is -3.82. The van der Waals surface area contributed by atoms with Gasteiger partial charge in [-0.15, -0.1) is 0 Å². The maximum atomic E-state index is 13.1. The molecule has 32 heavy (non-hydrogen) atoms. The number of nitrogens with zero attached hydrogens (tertiary/aromatic N) is 2. The van der Waals surface area contributed by atoms with Gasteiger partial charge in [0.2, 0.25) is 0 Å². The Bertz CT molecular complexity index is 1310. The third kappa shape index (κ3) is 4.03. The molecule has 2 amide bonds. The average molecular weight is 468 g/mol. The number of nitro groups is 1. The number of thiocarbonyl (C=S) groups is 1. The Labute approximate surface area is 192 Å². The molecule has 1 aromatic heterocycles. The van der Waals surface area contributed by atoms with Crippen molar-refractivity contribution in [3.8, 4) is 11.3 Å². The van der Waals surface area contributed by atoms with Gasteiger partial charge in [-0.05, 0) is 55.5 Å². The normalized spacial score (nSPS) is 15.2. The largest absolute Gasteiger partial charge is 0.457 e. The zero-order valence-corrected chi connectivity index (χ0v) is 18.1. The number of benzene rings is 2. The number of non-ortho nitro benzene ring substituents is 1. The minimum Gasteiger partial charge on any atom is -0.457 e. The van der Waals surface area contributed by atoms with Crippen LogP contribution >= 0.6 is 23.8 Å². The maximum Gasteiger partial charge on any atom is 0.270 e. The second-order valence-electron chi connectivity index (χ2n) is 6.92. The number of carbonyl (C=O) groups is 2. The Morgan fingerprint density at radius 2 is 1.84 bits per heavy atom. The van der Waals surface area contributed by atoms with Gasteiger partial charge in [0.1, 0.15) is 17.1 Å². The lowest BCUT2D eigenvalue weighted by Gasteiger charge is -2.28. The van der Waals surface area contributed by atoms with Gasteiger partial charge < -0.3 is 4.42 Å². The van der Waals surface area contributed by atoms with E-state index in [1.54, 1.807) is 18.2 Å². The fourth-order valence-electron chi connectivity index (χ4n) is 3.12. The molecule has 0 bridgehead atoms. The van der Waals surface area contributed by atoms with Crippen LogP contribution in [0.3, 0.4) is 0 Å². The molecule has 3 aromatic rings. The Balaban J connectivity index is 1.69. The van der Waals surface area contributed by atoms with Crippen molar-refractivity contribution in [2.45, 2.75) is 6.92 Å². The quantitative estimate of drug-likeness (QED) is 0.197. The van der Waals surface area contributed by atoms with Crippen molar-refractivity contribution in [3.05, 3.63) is 86.6 Å². The first-order valence-corrected chi connectivity index (χ1v) is 10.1. The molecule has 0 radical (unpaired) electrons. The number of nitro benzene ring substituents is 1. The number of carbonyl (C=O) groups excluding carboxylic acids is 2. The molecule has 160 valence electrons. The highest BCUT2D eigenvalue weighted by molar-refractivity contribution is 7.80. The molecule has 2 aromatic carbocycles. The zero-order chi connectivity index (χ0) is 23.0. The highest BCUT2D eigenvalue weighted by Gasteiger charge is 2.34. The third-order valence-electron chi connectivity index (χ3n) is 4.73. The number of anilines is 1. The van der Waals surface area contributed by atoms with Crippen LogP contribution in [0, 0.1) is 17.0 Å². The van der Waals surface area contributed by atoms with Crippen LogP contribution in [0.15, 0.2) is 64.6 Å². The second kappa shape index (κ2) is 8.37. The van der Waals surface area contributed by atoms with Crippen LogP contribution in [-0.4, -0.2) is 21.9 Å². The van der Waals surface area contributed by atoms with E-state index in [-0.39, 0.29) is 32.9 Å². The van der Waals surface area contributed by atoms with Gasteiger partial charge >= 0.3 is 0 Å². The molecule has 8 nitrogen and oxygen atoms in total. The first-order valence-electron chi connectivity index (χ1n) is 9.27. The van der Waals surface area contributed by atoms with Gasteiger partial charge in [-0.1, -0.05) is 29.3 Å². The fourth-order valence-corrected chi connectivity index (χ4v) is 3.61. The molecule has 0 spiro atoms. The molecular weight excluding hydrogens is 454 g/mol. The zero-order valence-electron chi connectivity index (χ0n) is 16.5. The van der Waals surface area contributed by atoms with Crippen LogP contribution < -0.4 is 10.2 Å². The predicted molar refractivity (Wildman–Crippen MR) is 123 cm³/mol. The summed E-state index contributed by atoms with van der Waals surface area (Å²) < 4.78 is 5.70. The van der Waals surface area contributed by atoms with Gasteiger partial charge in [0, 0.05) is 17.7 Å². The minimum absolute atomic E-state index is 0.0236. The van der Waals surface area contributed by atoms with Gasteiger partial charge in [0.05, 0.1) is 15.6 Å². The van der Waals surface area contributed by atoms with Crippen LogP contribution in [0.5, 0.6) is 0 Å². The number of halogens is 1. The molecule has 0 atom stereocenters. The molecule has 1 aliphatic rings. The van der Waals surface area contributed by atoms with Gasteiger partial charge in [-0.3, -0.25) is 29.9 Å². The van der Waals surface area contributed by atoms with Gasteiger partial charge in [0.25, 0.3) is 17.5 Å². The summed E-state index contributed by atoms with van der Waals surface area (Å²) >= 11 is 11.3. The van der Waals surface area contributed by atoms with Gasteiger partial charge in [-0.25, -0.2) is 0 Å². The maximum absolute atomic E-state index is 13.1. The number of nitrogens with one attached hydrogen (secondary N) is 1. The Kier molecular flexibility index (Phi) is 5.60. The van der Waals surface area contributed by atoms with Crippen molar-refractivity contribution in [1.82, 2.24) is 5.32 Å². The molecule has 0 unspecified atom stereocenters. The molecular formula is C22H14ClN3O5S. The number of rotatable bonds is 4. The highest BCUT2D eigenvalue weighted by atomic mass is 35.5. The molecule has 1 aliphatic heterocycles. The molecule has 2 heterocycles. The van der Waals surface area contributed by atoms with Crippen molar-refractivity contribution in [2.75, 3.05) is 4.90 Å². The monoisotopic (exact) mass is 467 g/mol. The number of furan rings is 1. The summed E-state index contributed by atoms with van der Waals surface area (Å²) in [5, 5.41) is 13.8. The van der Waals surface area contributed by atoms with E-state index in [2.05, 4.69) is 5.32 Å². The summed E-state index contributed by atoms with van der Waals surface area (Å²) in [6.45, 7) is 1.91. The van der Waals surface area contributed by atoms with E-state index in [1.165, 1.54) is 35.2 Å². The lowest BCUT2D eigenvalue weighted by molar-refractivity contribution is -0.384. The van der Waals surface area contributed by atoms with E-state index < -0.39 is 16.7 Å². The second-order valence-corrected chi connectivity index (χ2v) is 7.71. The van der Waals surface area contributed by atoms with Crippen LogP contribution in [0.25, 0.3) is 17.4 Å². The van der Waals surface area contributed by atoms with Crippen LogP contribution in [0.1, 0.15) is 11.3 Å². The van der Waals surface area contributed by atoms with E-state index in [4.69, 9.17) is 28.2 Å². The van der Waals surface area contributed by atoms with Gasteiger partial charge in [0.15, 0.2) is 5.11 Å². The van der Waals surface area contributed by atoms with Crippen molar-refractivity contribution < 1.29 is 18.9 Å². The number of amides is 2. The number of aryl methyl sites for hydroxylation is 1. The van der Waals surface area contributed by atoms with Crippen LogP contribution in [0.4, 0.5) is 11.4 Å². The van der Waals surface area contributed by atoms with E-state index in [9.17, 15) is 19.7 Å². The number of hydrogen-bond donors (Lipinski definition) is 1. The van der Waals surface area contributed by atoms with Crippen molar-refractivity contribution in [2.24, 2.45) is 0 Å². The summed E-state index contributed by atoms with van der Waals surface area (Å²) in [6, 6.07) is 14.1. The molecule has 1 saturated heterocycles. The SMILES string of the molecule is Cc1ccc(N2C(=O)/C(=C/c3ccc(-c4cc([N+](=O)[O-])ccc4Cl)o3)C(=O)NC2=S)cc1. The summed E-state index contributed by atoms with van der Waals surface area (Å²) in [7, 11) is 0. The lowest BCUT2D eigenvalue weighted by Crippen LogP contribution is -2.54. The smallest absolute Gasteiger partial charge is 0.270 e. The average Bonchev–Trinajstić information content (AvgIpc) is 3.21. The van der Waals surface area contributed by atoms with E-state index in [0.717, 1.165) is 5.56 Å². The van der Waals surface area contributed by atoms with E-state index in [0.29, 0.717) is 11.3 Å². The lowest BCUT2D eigenvalue weighted by atomic mass is 10.1. The first-order chi connectivity index (χ1) is 15.2. The third-order valence-corrected chi connectivity index (χ3v) is 5.35. The topological polar surface area (TPSA) is 106 Å². The summed E-state index contributed by atoms with van der Waals surface area (Å²) in [5.74, 6) is -0.818. The molecule has 0 saturated carbocycles. The van der Waals surface area contributed by atoms with Crippen molar-refractivity contribution >= 4 is 58.2 Å². The standard InChI is InChI=1S/C22H14ClN3O5S/c1-12-2-4-13(5-3-12)25-21(28)17(20(27)24-22(25)32)11-15-7-9-19(31-15)16-10-14(26(29)30)6-8-18(16)23/h2-11H,1H3,(H,24,27,32)/b17-11+. The minimum atomic E-state index is -0.658. The molecule has 1 N–H and O–H groups in total. The van der Waals surface area contributed by atoms with E-state index >= 15 is 0 Å². The Morgan fingerprint density at radius 1 is 1.12 bits per heavy atom. The van der Waals surface area contributed by atoms with Crippen molar-refractivity contribution in [1.29, 1.82) is 0 Å². The summed E-state index contributed by atoms with van der Waals surface area (Å²) in [6.07, 6.45) is 1.29. The predicted octanol–water partition coefficient (Wildman–Crippen LogP) is 4.65. The highest BCUT2D eigenvalue weighted by Crippen LogP contribution is 2.33. The number of hydrogen-bond acceptors (Lipinski definition) is 6. The summed E-state index contributed by atoms with van der Waals surface area (Å²) in [4.78, 5) is 37.2. The van der Waals surface area contributed by atoms with E-state index in [1.807, 2.05) is 19.1 Å². The molecule has 0 aliphatic carbocycles. The molecule has 10 heteroatoms. The van der Waals surface area contributed by atoms with Crippen LogP contribution in [0.2, 0.25) is 5.02 Å². The van der Waals surface area contributed by atoms with Crippen molar-refractivity contribution in [3.63, 3.8) is 0 Å². The first kappa shape index (κ1) is 21.4. The molecule has 4 rings (SSSR count). The molecule has 1 fully saturated rings. The fraction of sp³-hybridized carbons (Fsp3) is 0.0455. The van der Waals surface area contributed by atoms with Gasteiger partial charge in [-0.2, -0.15) is 0 Å². The Morgan fingerprint density at radius 3 is 2.53 bits per heavy atom. The summed E-state index contributed by atoms with van der Waals surface area (Å²) in [5.41, 5.74) is 1.51. The van der Waals surface area contributed by atoms with Crippen LogP contribution in [-0.2, 0) is 9.59 Å².